The SMILES string of the molecule is CCC(=O)N[C@@H](CC1CCCCC1)C(=O)NC(C)(C)C. The second kappa shape index (κ2) is 7.65. The van der Waals surface area contributed by atoms with E-state index in [9.17, 15) is 9.59 Å². The molecule has 0 unspecified atom stereocenters. The highest BCUT2D eigenvalue weighted by molar-refractivity contribution is 5.87. The molecule has 1 rings (SSSR count). The zero-order valence-corrected chi connectivity index (χ0v) is 13.4. The summed E-state index contributed by atoms with van der Waals surface area (Å²) in [6, 6.07) is -0.384. The van der Waals surface area contributed by atoms with Gasteiger partial charge in [-0.15, -0.1) is 0 Å². The molecule has 1 saturated carbocycles. The van der Waals surface area contributed by atoms with E-state index in [4.69, 9.17) is 0 Å². The van der Waals surface area contributed by atoms with Gasteiger partial charge in [0, 0.05) is 12.0 Å². The van der Waals surface area contributed by atoms with Crippen molar-refractivity contribution in [2.24, 2.45) is 5.92 Å². The zero-order chi connectivity index (χ0) is 15.2. The number of carbonyl (C=O) groups excluding carboxylic acids is 2. The third-order valence-electron chi connectivity index (χ3n) is 3.76. The molecule has 1 fully saturated rings. The number of hydrogen-bond donors (Lipinski definition) is 2. The molecule has 0 bridgehead atoms. The molecule has 4 heteroatoms. The van der Waals surface area contributed by atoms with Gasteiger partial charge in [-0.2, -0.15) is 0 Å². The predicted octanol–water partition coefficient (Wildman–Crippen LogP) is 2.77. The summed E-state index contributed by atoms with van der Waals surface area (Å²) in [5, 5.41) is 5.87. The van der Waals surface area contributed by atoms with Crippen LogP contribution in [0.3, 0.4) is 0 Å². The van der Waals surface area contributed by atoms with Gasteiger partial charge in [0.05, 0.1) is 0 Å². The van der Waals surface area contributed by atoms with Crippen molar-refractivity contribution in [2.45, 2.75) is 84.2 Å². The summed E-state index contributed by atoms with van der Waals surface area (Å²) in [6.07, 6.45) is 7.36. The maximum atomic E-state index is 12.4. The molecule has 0 radical (unpaired) electrons. The van der Waals surface area contributed by atoms with E-state index in [-0.39, 0.29) is 23.4 Å². The molecule has 20 heavy (non-hydrogen) atoms. The Balaban J connectivity index is 2.63. The van der Waals surface area contributed by atoms with Crippen LogP contribution < -0.4 is 10.6 Å². The maximum Gasteiger partial charge on any atom is 0.242 e. The standard InChI is InChI=1S/C16H30N2O2/c1-5-14(19)17-13(15(20)18-16(2,3)4)11-12-9-7-6-8-10-12/h12-13H,5-11H2,1-4H3,(H,17,19)(H,18,20)/t13-/m0/s1. The molecule has 0 heterocycles. The summed E-state index contributed by atoms with van der Waals surface area (Å²) in [5.41, 5.74) is -0.265. The molecule has 0 aliphatic heterocycles. The van der Waals surface area contributed by atoms with Crippen LogP contribution in [0.5, 0.6) is 0 Å². The Morgan fingerprint density at radius 3 is 2.25 bits per heavy atom. The van der Waals surface area contributed by atoms with Crippen molar-refractivity contribution < 1.29 is 9.59 Å². The van der Waals surface area contributed by atoms with Crippen molar-refractivity contribution >= 4 is 11.8 Å². The molecular weight excluding hydrogens is 252 g/mol. The van der Waals surface area contributed by atoms with Gasteiger partial charge in [-0.1, -0.05) is 39.0 Å². The normalized spacial score (nSPS) is 18.4. The Morgan fingerprint density at radius 1 is 1.15 bits per heavy atom. The highest BCUT2D eigenvalue weighted by Gasteiger charge is 2.27. The van der Waals surface area contributed by atoms with Crippen LogP contribution in [-0.4, -0.2) is 23.4 Å². The van der Waals surface area contributed by atoms with Crippen LogP contribution in [0.2, 0.25) is 0 Å². The van der Waals surface area contributed by atoms with E-state index in [1.165, 1.54) is 32.1 Å². The van der Waals surface area contributed by atoms with Gasteiger partial charge >= 0.3 is 0 Å². The van der Waals surface area contributed by atoms with E-state index >= 15 is 0 Å². The Kier molecular flexibility index (Phi) is 6.50. The number of carbonyl (C=O) groups is 2. The van der Waals surface area contributed by atoms with Gasteiger partial charge < -0.3 is 10.6 Å². The average Bonchev–Trinajstić information content (AvgIpc) is 2.37. The summed E-state index contributed by atoms with van der Waals surface area (Å²) in [4.78, 5) is 24.0. The first-order valence-corrected chi connectivity index (χ1v) is 7.93. The second-order valence-electron chi connectivity index (χ2n) is 6.95. The van der Waals surface area contributed by atoms with E-state index < -0.39 is 0 Å². The van der Waals surface area contributed by atoms with Crippen LogP contribution in [0.4, 0.5) is 0 Å². The molecule has 1 atom stereocenters. The maximum absolute atomic E-state index is 12.4. The zero-order valence-electron chi connectivity index (χ0n) is 13.4. The Bertz CT molecular complexity index is 328. The third-order valence-corrected chi connectivity index (χ3v) is 3.76. The minimum Gasteiger partial charge on any atom is -0.350 e. The van der Waals surface area contributed by atoms with Crippen LogP contribution in [0.25, 0.3) is 0 Å². The predicted molar refractivity (Wildman–Crippen MR) is 81.3 cm³/mol. The Labute approximate surface area is 123 Å². The molecule has 2 amide bonds. The van der Waals surface area contributed by atoms with Crippen LogP contribution in [-0.2, 0) is 9.59 Å². The Morgan fingerprint density at radius 2 is 1.75 bits per heavy atom. The monoisotopic (exact) mass is 282 g/mol. The number of rotatable bonds is 5. The van der Waals surface area contributed by atoms with Crippen molar-refractivity contribution in [3.63, 3.8) is 0 Å². The minimum atomic E-state index is -0.384. The second-order valence-corrected chi connectivity index (χ2v) is 6.95. The topological polar surface area (TPSA) is 58.2 Å². The average molecular weight is 282 g/mol. The summed E-state index contributed by atoms with van der Waals surface area (Å²) >= 11 is 0. The lowest BCUT2D eigenvalue weighted by Crippen LogP contribution is -2.52. The molecule has 1 aliphatic carbocycles. The number of nitrogens with one attached hydrogen (secondary N) is 2. The molecule has 116 valence electrons. The van der Waals surface area contributed by atoms with Gasteiger partial charge in [0.25, 0.3) is 0 Å². The quantitative estimate of drug-likeness (QED) is 0.814. The molecule has 1 aliphatic rings. The lowest BCUT2D eigenvalue weighted by molar-refractivity contribution is -0.130. The number of amides is 2. The summed E-state index contributed by atoms with van der Waals surface area (Å²) < 4.78 is 0. The van der Waals surface area contributed by atoms with Crippen LogP contribution >= 0.6 is 0 Å². The van der Waals surface area contributed by atoms with Gasteiger partial charge in [-0.05, 0) is 33.1 Å². The fraction of sp³-hybridized carbons (Fsp3) is 0.875. The third kappa shape index (κ3) is 6.40. The number of hydrogen-bond acceptors (Lipinski definition) is 2. The first-order valence-electron chi connectivity index (χ1n) is 7.93. The molecule has 2 N–H and O–H groups in total. The van der Waals surface area contributed by atoms with Crippen LogP contribution in [0.1, 0.15) is 72.6 Å². The largest absolute Gasteiger partial charge is 0.350 e. The van der Waals surface area contributed by atoms with E-state index in [2.05, 4.69) is 10.6 Å². The van der Waals surface area contributed by atoms with Crippen LogP contribution in [0.15, 0.2) is 0 Å². The van der Waals surface area contributed by atoms with Gasteiger partial charge in [-0.3, -0.25) is 9.59 Å². The van der Waals surface area contributed by atoms with Crippen molar-refractivity contribution in [2.75, 3.05) is 0 Å². The molecule has 0 aromatic rings. The van der Waals surface area contributed by atoms with Crippen LogP contribution in [0, 0.1) is 5.92 Å². The van der Waals surface area contributed by atoms with Crippen molar-refractivity contribution in [3.8, 4) is 0 Å². The summed E-state index contributed by atoms with van der Waals surface area (Å²) in [7, 11) is 0. The first kappa shape index (κ1) is 17.0. The highest BCUT2D eigenvalue weighted by Crippen LogP contribution is 2.27. The van der Waals surface area contributed by atoms with Gasteiger partial charge in [0.2, 0.25) is 11.8 Å². The molecule has 4 nitrogen and oxygen atoms in total. The first-order chi connectivity index (χ1) is 9.31. The van der Waals surface area contributed by atoms with E-state index in [1.807, 2.05) is 27.7 Å². The van der Waals surface area contributed by atoms with E-state index in [1.54, 1.807) is 0 Å². The molecule has 0 spiro atoms. The molecular formula is C16H30N2O2. The molecule has 0 saturated heterocycles. The highest BCUT2D eigenvalue weighted by atomic mass is 16.2. The molecule has 0 aromatic heterocycles. The fourth-order valence-corrected chi connectivity index (χ4v) is 2.74. The van der Waals surface area contributed by atoms with E-state index in [0.29, 0.717) is 12.3 Å². The minimum absolute atomic E-state index is 0.0464. The lowest BCUT2D eigenvalue weighted by atomic mass is 9.84. The van der Waals surface area contributed by atoms with E-state index in [0.717, 1.165) is 6.42 Å². The summed E-state index contributed by atoms with van der Waals surface area (Å²) in [6.45, 7) is 7.70. The van der Waals surface area contributed by atoms with Gasteiger partial charge in [0.15, 0.2) is 0 Å². The van der Waals surface area contributed by atoms with Gasteiger partial charge in [0.1, 0.15) is 6.04 Å². The van der Waals surface area contributed by atoms with Crippen molar-refractivity contribution in [1.82, 2.24) is 10.6 Å². The summed E-state index contributed by atoms with van der Waals surface area (Å²) in [5.74, 6) is 0.469. The lowest BCUT2D eigenvalue weighted by Gasteiger charge is -2.29. The van der Waals surface area contributed by atoms with Crippen molar-refractivity contribution in [1.29, 1.82) is 0 Å². The van der Waals surface area contributed by atoms with Gasteiger partial charge in [-0.25, -0.2) is 0 Å². The fourth-order valence-electron chi connectivity index (χ4n) is 2.74. The van der Waals surface area contributed by atoms with Crippen molar-refractivity contribution in [3.05, 3.63) is 0 Å². The Hall–Kier alpha value is -1.06. The smallest absolute Gasteiger partial charge is 0.242 e. The molecule has 0 aromatic carbocycles.